The zero-order valence-electron chi connectivity index (χ0n) is 20.2. The van der Waals surface area contributed by atoms with E-state index >= 15 is 0 Å². The van der Waals surface area contributed by atoms with Gasteiger partial charge in [-0.3, -0.25) is 4.98 Å². The van der Waals surface area contributed by atoms with Crippen molar-refractivity contribution in [2.45, 2.75) is 52.3 Å². The Kier molecular flexibility index (Phi) is 6.32. The predicted octanol–water partition coefficient (Wildman–Crippen LogP) is 3.44. The van der Waals surface area contributed by atoms with E-state index in [-0.39, 0.29) is 12.6 Å². The van der Waals surface area contributed by atoms with Gasteiger partial charge < -0.3 is 19.8 Å². The summed E-state index contributed by atoms with van der Waals surface area (Å²) in [6, 6.07) is 8.87. The van der Waals surface area contributed by atoms with E-state index in [1.165, 1.54) is 12.8 Å². The molecule has 2 unspecified atom stereocenters. The molecule has 5 rings (SSSR count). The van der Waals surface area contributed by atoms with Crippen molar-refractivity contribution in [3.8, 4) is 11.3 Å². The van der Waals surface area contributed by atoms with E-state index in [0.717, 1.165) is 66.1 Å². The maximum absolute atomic E-state index is 9.41. The van der Waals surface area contributed by atoms with Gasteiger partial charge in [-0.25, -0.2) is 9.97 Å². The predicted molar refractivity (Wildman–Crippen MR) is 135 cm³/mol. The van der Waals surface area contributed by atoms with Crippen molar-refractivity contribution >= 4 is 17.6 Å². The molecule has 0 spiro atoms. The number of aromatic nitrogens is 4. The van der Waals surface area contributed by atoms with Crippen LogP contribution >= 0.6 is 0 Å². The zero-order valence-corrected chi connectivity index (χ0v) is 20.2. The van der Waals surface area contributed by atoms with Crippen LogP contribution in [0.3, 0.4) is 0 Å². The highest BCUT2D eigenvalue weighted by Gasteiger charge is 2.29. The normalized spacial score (nSPS) is 20.8. The van der Waals surface area contributed by atoms with E-state index in [0.29, 0.717) is 6.04 Å². The van der Waals surface area contributed by atoms with Crippen molar-refractivity contribution in [3.63, 3.8) is 0 Å². The van der Waals surface area contributed by atoms with Crippen LogP contribution in [0.2, 0.25) is 0 Å². The first-order chi connectivity index (χ1) is 16.5. The molecule has 1 N–H and O–H groups in total. The summed E-state index contributed by atoms with van der Waals surface area (Å²) in [5, 5.41) is 9.41. The molecule has 3 aromatic heterocycles. The Morgan fingerprint density at radius 1 is 1.00 bits per heavy atom. The lowest BCUT2D eigenvalue weighted by molar-refractivity contribution is 0.281. The summed E-state index contributed by atoms with van der Waals surface area (Å²) in [4.78, 5) is 25.9. The second-order valence-electron chi connectivity index (χ2n) is 9.46. The fourth-order valence-electron chi connectivity index (χ4n) is 5.13. The largest absolute Gasteiger partial charge is 0.392 e. The standard InChI is InChI=1S/C26H33N7O/c1-18-13-21(17-34)15-28-25(18)31-11-12-32(20(3)16-31)24-14-23(22-6-8-27-9-7-22)29-26(30-24)33-10-4-5-19(33)2/h6-9,13-15,19-20,34H,4-5,10-12,16-17H2,1-3H3. The smallest absolute Gasteiger partial charge is 0.228 e. The molecule has 2 saturated heterocycles. The lowest BCUT2D eigenvalue weighted by Gasteiger charge is -2.41. The molecule has 5 heterocycles. The third-order valence-corrected chi connectivity index (χ3v) is 7.00. The summed E-state index contributed by atoms with van der Waals surface area (Å²) in [5.41, 5.74) is 3.94. The van der Waals surface area contributed by atoms with Gasteiger partial charge in [0.15, 0.2) is 0 Å². The third-order valence-electron chi connectivity index (χ3n) is 7.00. The summed E-state index contributed by atoms with van der Waals surface area (Å²) in [7, 11) is 0. The van der Waals surface area contributed by atoms with Gasteiger partial charge in [0.2, 0.25) is 5.95 Å². The highest BCUT2D eigenvalue weighted by atomic mass is 16.3. The van der Waals surface area contributed by atoms with Crippen LogP contribution in [0.15, 0.2) is 42.9 Å². The molecular formula is C26H33N7O. The van der Waals surface area contributed by atoms with Crippen LogP contribution in [-0.2, 0) is 6.61 Å². The third kappa shape index (κ3) is 4.42. The van der Waals surface area contributed by atoms with Gasteiger partial charge in [0.1, 0.15) is 11.6 Å². The lowest BCUT2D eigenvalue weighted by atomic mass is 10.1. The number of nitrogens with zero attached hydrogens (tertiary/aromatic N) is 7. The van der Waals surface area contributed by atoms with Crippen LogP contribution in [0, 0.1) is 6.92 Å². The number of anilines is 3. The van der Waals surface area contributed by atoms with Crippen LogP contribution in [-0.4, -0.2) is 63.3 Å². The first kappa shape index (κ1) is 22.5. The molecular weight excluding hydrogens is 426 g/mol. The van der Waals surface area contributed by atoms with Gasteiger partial charge in [0.25, 0.3) is 0 Å². The topological polar surface area (TPSA) is 81.5 Å². The van der Waals surface area contributed by atoms with Gasteiger partial charge in [-0.1, -0.05) is 0 Å². The van der Waals surface area contributed by atoms with Crippen molar-refractivity contribution < 1.29 is 5.11 Å². The summed E-state index contributed by atoms with van der Waals surface area (Å²) < 4.78 is 0. The van der Waals surface area contributed by atoms with Crippen molar-refractivity contribution in [1.82, 2.24) is 19.9 Å². The Labute approximate surface area is 201 Å². The Bertz CT molecular complexity index is 1140. The molecule has 2 aliphatic rings. The Morgan fingerprint density at radius 2 is 1.82 bits per heavy atom. The minimum absolute atomic E-state index is 0.0176. The van der Waals surface area contributed by atoms with Crippen molar-refractivity contribution in [1.29, 1.82) is 0 Å². The number of aliphatic hydroxyl groups is 1. The van der Waals surface area contributed by atoms with Gasteiger partial charge in [-0.05, 0) is 62.9 Å². The Balaban J connectivity index is 1.44. The number of rotatable bonds is 5. The second-order valence-corrected chi connectivity index (χ2v) is 9.46. The summed E-state index contributed by atoms with van der Waals surface area (Å²) in [5.74, 6) is 2.79. The number of aryl methyl sites for hydroxylation is 1. The molecule has 0 aromatic carbocycles. The molecule has 8 heteroatoms. The van der Waals surface area contributed by atoms with Gasteiger partial charge in [-0.15, -0.1) is 0 Å². The maximum Gasteiger partial charge on any atom is 0.228 e. The van der Waals surface area contributed by atoms with E-state index < -0.39 is 0 Å². The number of piperazine rings is 1. The van der Waals surface area contributed by atoms with E-state index in [1.54, 1.807) is 6.20 Å². The van der Waals surface area contributed by atoms with E-state index in [2.05, 4.69) is 51.5 Å². The number of hydrogen-bond acceptors (Lipinski definition) is 8. The van der Waals surface area contributed by atoms with E-state index in [9.17, 15) is 5.11 Å². The first-order valence-corrected chi connectivity index (χ1v) is 12.2. The molecule has 0 radical (unpaired) electrons. The molecule has 8 nitrogen and oxygen atoms in total. The highest BCUT2D eigenvalue weighted by molar-refractivity contribution is 5.65. The SMILES string of the molecule is Cc1cc(CO)cnc1N1CCN(c2cc(-c3ccncc3)nc(N3CCCC3C)n2)C(C)C1. The summed E-state index contributed by atoms with van der Waals surface area (Å²) in [6.45, 7) is 10.2. The van der Waals surface area contributed by atoms with Crippen LogP contribution in [0.5, 0.6) is 0 Å². The molecule has 0 amide bonds. The van der Waals surface area contributed by atoms with Gasteiger partial charge in [-0.2, -0.15) is 4.98 Å². The molecule has 3 aromatic rings. The molecule has 178 valence electrons. The average Bonchev–Trinajstić information content (AvgIpc) is 3.30. The Morgan fingerprint density at radius 3 is 2.50 bits per heavy atom. The van der Waals surface area contributed by atoms with Gasteiger partial charge in [0, 0.05) is 68.5 Å². The monoisotopic (exact) mass is 459 g/mol. The minimum Gasteiger partial charge on any atom is -0.392 e. The van der Waals surface area contributed by atoms with E-state index in [1.807, 2.05) is 30.6 Å². The first-order valence-electron chi connectivity index (χ1n) is 12.2. The summed E-state index contributed by atoms with van der Waals surface area (Å²) >= 11 is 0. The number of pyridine rings is 2. The number of aliphatic hydroxyl groups excluding tert-OH is 1. The van der Waals surface area contributed by atoms with E-state index in [4.69, 9.17) is 9.97 Å². The molecule has 0 aliphatic carbocycles. The summed E-state index contributed by atoms with van der Waals surface area (Å²) in [6.07, 6.45) is 7.75. The zero-order chi connectivity index (χ0) is 23.7. The van der Waals surface area contributed by atoms with Crippen LogP contribution in [0.25, 0.3) is 11.3 Å². The van der Waals surface area contributed by atoms with Crippen molar-refractivity contribution in [2.75, 3.05) is 40.9 Å². The number of hydrogen-bond donors (Lipinski definition) is 1. The second kappa shape index (κ2) is 9.54. The maximum atomic E-state index is 9.41. The molecule has 0 bridgehead atoms. The quantitative estimate of drug-likeness (QED) is 0.622. The molecule has 0 saturated carbocycles. The van der Waals surface area contributed by atoms with Gasteiger partial charge >= 0.3 is 0 Å². The molecule has 2 atom stereocenters. The fraction of sp³-hybridized carbons (Fsp3) is 0.462. The molecule has 2 aliphatic heterocycles. The molecule has 2 fully saturated rings. The van der Waals surface area contributed by atoms with Crippen LogP contribution in [0.4, 0.5) is 17.6 Å². The van der Waals surface area contributed by atoms with Crippen molar-refractivity contribution in [3.05, 3.63) is 54.0 Å². The minimum atomic E-state index is 0.0176. The molecule has 34 heavy (non-hydrogen) atoms. The lowest BCUT2D eigenvalue weighted by Crippen LogP contribution is -2.53. The average molecular weight is 460 g/mol. The van der Waals surface area contributed by atoms with Crippen LogP contribution in [0.1, 0.15) is 37.8 Å². The van der Waals surface area contributed by atoms with Crippen molar-refractivity contribution in [2.24, 2.45) is 0 Å². The highest BCUT2D eigenvalue weighted by Crippen LogP contribution is 2.31. The van der Waals surface area contributed by atoms with Crippen LogP contribution < -0.4 is 14.7 Å². The Hall–Kier alpha value is -3.26. The van der Waals surface area contributed by atoms with Gasteiger partial charge in [0.05, 0.1) is 12.3 Å². The fourth-order valence-corrected chi connectivity index (χ4v) is 5.13.